The molecule has 0 aliphatic heterocycles. The Morgan fingerprint density at radius 3 is 2.04 bits per heavy atom. The van der Waals surface area contributed by atoms with Crippen LogP contribution in [0.15, 0.2) is 78.9 Å². The number of nitrogens with one attached hydrogen (secondary N) is 1. The predicted molar refractivity (Wildman–Crippen MR) is 103 cm³/mol. The Morgan fingerprint density at radius 1 is 0.800 bits per heavy atom. The fraction of sp³-hybridized carbons (Fsp3) is 0.0500. The molecular formula is C20H21N3O2. The van der Waals surface area contributed by atoms with Gasteiger partial charge in [0.2, 0.25) is 5.91 Å². The van der Waals surface area contributed by atoms with Crippen LogP contribution in [0.3, 0.4) is 0 Å². The van der Waals surface area contributed by atoms with E-state index in [0.717, 1.165) is 17.2 Å². The average Bonchev–Trinajstić information content (AvgIpc) is 2.58. The first kappa shape index (κ1) is 17.9. The van der Waals surface area contributed by atoms with Gasteiger partial charge in [0.05, 0.1) is 0 Å². The number of ether oxygens (including phenoxy) is 1. The van der Waals surface area contributed by atoms with E-state index in [1.165, 1.54) is 6.92 Å². The molecule has 0 atom stereocenters. The zero-order valence-electron chi connectivity index (χ0n) is 14.0. The van der Waals surface area contributed by atoms with E-state index in [1.54, 1.807) is 30.3 Å². The van der Waals surface area contributed by atoms with E-state index in [9.17, 15) is 4.79 Å². The Balaban J connectivity index is 0.000000186. The SMILES string of the molecule is CC(=O)Nc1ccc(N)cc1.Nc1cccc(Oc2ccccc2)c1. The molecule has 128 valence electrons. The van der Waals surface area contributed by atoms with Crippen molar-refractivity contribution in [1.82, 2.24) is 0 Å². The number of rotatable bonds is 3. The number of para-hydroxylation sites is 1. The van der Waals surface area contributed by atoms with Crippen LogP contribution < -0.4 is 21.5 Å². The summed E-state index contributed by atoms with van der Waals surface area (Å²) in [6.07, 6.45) is 0. The van der Waals surface area contributed by atoms with Gasteiger partial charge in [-0.3, -0.25) is 4.79 Å². The monoisotopic (exact) mass is 335 g/mol. The number of hydrogen-bond acceptors (Lipinski definition) is 4. The van der Waals surface area contributed by atoms with Crippen molar-refractivity contribution in [3.05, 3.63) is 78.9 Å². The molecule has 3 rings (SSSR count). The van der Waals surface area contributed by atoms with Crippen molar-refractivity contribution in [2.75, 3.05) is 16.8 Å². The standard InChI is InChI=1S/C12H11NO.C8H10N2O/c13-10-5-4-8-12(9-10)14-11-6-2-1-3-7-11;1-6(11)10-8-4-2-7(9)3-5-8/h1-9H,13H2;2-5H,9H2,1H3,(H,10,11). The first-order chi connectivity index (χ1) is 12.0. The van der Waals surface area contributed by atoms with Gasteiger partial charge in [-0.1, -0.05) is 24.3 Å². The van der Waals surface area contributed by atoms with Crippen LogP contribution in [0.25, 0.3) is 0 Å². The van der Waals surface area contributed by atoms with E-state index in [-0.39, 0.29) is 5.91 Å². The number of nitrogens with two attached hydrogens (primary N) is 2. The summed E-state index contributed by atoms with van der Waals surface area (Å²) >= 11 is 0. The third-order valence-electron chi connectivity index (χ3n) is 3.07. The molecular weight excluding hydrogens is 314 g/mol. The van der Waals surface area contributed by atoms with Gasteiger partial charge in [-0.25, -0.2) is 0 Å². The van der Waals surface area contributed by atoms with Crippen molar-refractivity contribution in [3.63, 3.8) is 0 Å². The summed E-state index contributed by atoms with van der Waals surface area (Å²) in [6.45, 7) is 1.47. The zero-order valence-corrected chi connectivity index (χ0v) is 14.0. The minimum absolute atomic E-state index is 0.0743. The molecule has 1 amide bonds. The van der Waals surface area contributed by atoms with E-state index in [1.807, 2.05) is 48.5 Å². The normalized spacial score (nSPS) is 9.48. The van der Waals surface area contributed by atoms with Crippen LogP contribution in [0.4, 0.5) is 17.1 Å². The van der Waals surface area contributed by atoms with Crippen molar-refractivity contribution in [1.29, 1.82) is 0 Å². The molecule has 0 aromatic heterocycles. The molecule has 3 aromatic rings. The van der Waals surface area contributed by atoms with Gasteiger partial charge in [0, 0.05) is 30.1 Å². The van der Waals surface area contributed by atoms with Crippen LogP contribution in [0, 0.1) is 0 Å². The molecule has 0 bridgehead atoms. The molecule has 0 unspecified atom stereocenters. The first-order valence-corrected chi connectivity index (χ1v) is 7.74. The summed E-state index contributed by atoms with van der Waals surface area (Å²) in [4.78, 5) is 10.6. The number of benzene rings is 3. The highest BCUT2D eigenvalue weighted by Crippen LogP contribution is 2.22. The number of hydrogen-bond donors (Lipinski definition) is 3. The minimum Gasteiger partial charge on any atom is -0.457 e. The summed E-state index contributed by atoms with van der Waals surface area (Å²) in [7, 11) is 0. The fourth-order valence-electron chi connectivity index (χ4n) is 1.97. The first-order valence-electron chi connectivity index (χ1n) is 7.74. The highest BCUT2D eigenvalue weighted by molar-refractivity contribution is 5.88. The van der Waals surface area contributed by atoms with Gasteiger partial charge in [0.1, 0.15) is 11.5 Å². The maximum atomic E-state index is 10.6. The van der Waals surface area contributed by atoms with Crippen LogP contribution in [0.1, 0.15) is 6.92 Å². The zero-order chi connectivity index (χ0) is 18.1. The largest absolute Gasteiger partial charge is 0.457 e. The van der Waals surface area contributed by atoms with Crippen molar-refractivity contribution >= 4 is 23.0 Å². The molecule has 0 aliphatic rings. The molecule has 0 spiro atoms. The van der Waals surface area contributed by atoms with Gasteiger partial charge in [0.15, 0.2) is 0 Å². The van der Waals surface area contributed by atoms with Crippen molar-refractivity contribution in [2.45, 2.75) is 6.92 Å². The van der Waals surface area contributed by atoms with Crippen LogP contribution in [-0.4, -0.2) is 5.91 Å². The number of anilines is 3. The molecule has 0 radical (unpaired) electrons. The highest BCUT2D eigenvalue weighted by atomic mass is 16.5. The van der Waals surface area contributed by atoms with E-state index in [0.29, 0.717) is 11.4 Å². The van der Waals surface area contributed by atoms with Crippen LogP contribution >= 0.6 is 0 Å². The lowest BCUT2D eigenvalue weighted by Crippen LogP contribution is -2.05. The number of amides is 1. The summed E-state index contributed by atoms with van der Waals surface area (Å²) in [6, 6.07) is 24.0. The molecule has 0 heterocycles. The Morgan fingerprint density at radius 2 is 1.44 bits per heavy atom. The summed E-state index contributed by atoms with van der Waals surface area (Å²) in [5.74, 6) is 1.50. The van der Waals surface area contributed by atoms with Gasteiger partial charge < -0.3 is 21.5 Å². The van der Waals surface area contributed by atoms with E-state index < -0.39 is 0 Å². The molecule has 0 saturated carbocycles. The molecule has 0 aliphatic carbocycles. The second-order valence-electron chi connectivity index (χ2n) is 5.29. The van der Waals surface area contributed by atoms with Crippen LogP contribution in [0.5, 0.6) is 11.5 Å². The predicted octanol–water partition coefficient (Wildman–Crippen LogP) is 4.29. The quantitative estimate of drug-likeness (QED) is 0.623. The van der Waals surface area contributed by atoms with Gasteiger partial charge in [-0.2, -0.15) is 0 Å². The lowest BCUT2D eigenvalue weighted by molar-refractivity contribution is -0.114. The van der Waals surface area contributed by atoms with Crippen LogP contribution in [-0.2, 0) is 4.79 Å². The van der Waals surface area contributed by atoms with Crippen molar-refractivity contribution in [3.8, 4) is 11.5 Å². The molecule has 0 saturated heterocycles. The molecule has 0 fully saturated rings. The van der Waals surface area contributed by atoms with Gasteiger partial charge >= 0.3 is 0 Å². The number of carbonyl (C=O) groups is 1. The molecule has 5 N–H and O–H groups in total. The maximum absolute atomic E-state index is 10.6. The Labute approximate surface area is 147 Å². The fourth-order valence-corrected chi connectivity index (χ4v) is 1.97. The van der Waals surface area contributed by atoms with E-state index in [2.05, 4.69) is 5.32 Å². The average molecular weight is 335 g/mol. The summed E-state index contributed by atoms with van der Waals surface area (Å²) in [5, 5.41) is 2.64. The molecule has 3 aromatic carbocycles. The Hall–Kier alpha value is -3.47. The Kier molecular flexibility index (Phi) is 6.42. The highest BCUT2D eigenvalue weighted by Gasteiger charge is 1.95. The van der Waals surface area contributed by atoms with E-state index in [4.69, 9.17) is 16.2 Å². The van der Waals surface area contributed by atoms with Crippen LogP contribution in [0.2, 0.25) is 0 Å². The van der Waals surface area contributed by atoms with Gasteiger partial charge in [0.25, 0.3) is 0 Å². The lowest BCUT2D eigenvalue weighted by Gasteiger charge is -2.05. The summed E-state index contributed by atoms with van der Waals surface area (Å²) < 4.78 is 5.58. The third kappa shape index (κ3) is 6.66. The molecule has 5 nitrogen and oxygen atoms in total. The van der Waals surface area contributed by atoms with Gasteiger partial charge in [-0.05, 0) is 48.5 Å². The summed E-state index contributed by atoms with van der Waals surface area (Å²) in [5.41, 5.74) is 13.2. The van der Waals surface area contributed by atoms with Gasteiger partial charge in [-0.15, -0.1) is 0 Å². The van der Waals surface area contributed by atoms with Crippen molar-refractivity contribution in [2.24, 2.45) is 0 Å². The number of nitrogen functional groups attached to an aromatic ring is 2. The Bertz CT molecular complexity index is 803. The third-order valence-corrected chi connectivity index (χ3v) is 3.07. The van der Waals surface area contributed by atoms with E-state index >= 15 is 0 Å². The molecule has 25 heavy (non-hydrogen) atoms. The smallest absolute Gasteiger partial charge is 0.221 e. The second-order valence-corrected chi connectivity index (χ2v) is 5.29. The second kappa shape index (κ2) is 8.98. The maximum Gasteiger partial charge on any atom is 0.221 e. The van der Waals surface area contributed by atoms with Crippen molar-refractivity contribution < 1.29 is 9.53 Å². The molecule has 5 heteroatoms. The lowest BCUT2D eigenvalue weighted by atomic mass is 10.3. The number of carbonyl (C=O) groups excluding carboxylic acids is 1. The minimum atomic E-state index is -0.0743. The topological polar surface area (TPSA) is 90.4 Å².